The smallest absolute Gasteiger partial charge is 0.255 e. The highest BCUT2D eigenvalue weighted by Gasteiger charge is 2.24. The number of thioether (sulfide) groups is 1. The molecule has 7 heteroatoms. The molecular weight excluding hydrogens is 386 g/mol. The fraction of sp³-hybridized carbons (Fsp3) is 0.273. The Kier molecular flexibility index (Phi) is 5.76. The average Bonchev–Trinajstić information content (AvgIpc) is 3.17. The largest absolute Gasteiger partial charge is 0.508 e. The number of aromatic hydroxyl groups is 1. The van der Waals surface area contributed by atoms with Crippen LogP contribution in [0.25, 0.3) is 0 Å². The zero-order chi connectivity index (χ0) is 20.2. The Morgan fingerprint density at radius 1 is 1.10 bits per heavy atom. The maximum atomic E-state index is 13.2. The quantitative estimate of drug-likeness (QED) is 0.644. The van der Waals surface area contributed by atoms with E-state index in [1.807, 2.05) is 54.3 Å². The number of benzene rings is 2. The van der Waals surface area contributed by atoms with Crippen molar-refractivity contribution < 1.29 is 14.4 Å². The fourth-order valence-electron chi connectivity index (χ4n) is 3.43. The topological polar surface area (TPSA) is 69.8 Å². The van der Waals surface area contributed by atoms with Crippen molar-refractivity contribution in [2.24, 2.45) is 0 Å². The van der Waals surface area contributed by atoms with E-state index in [1.54, 1.807) is 23.9 Å². The normalized spacial score (nSPS) is 14.2. The van der Waals surface area contributed by atoms with E-state index in [0.29, 0.717) is 18.8 Å². The number of phenolic OH excluding ortho intramolecular Hbond substituents is 1. The summed E-state index contributed by atoms with van der Waals surface area (Å²) in [4.78, 5) is 18.2. The predicted molar refractivity (Wildman–Crippen MR) is 113 cm³/mol. The Balaban J connectivity index is 1.41. The minimum Gasteiger partial charge on any atom is -0.508 e. The van der Waals surface area contributed by atoms with E-state index in [-0.39, 0.29) is 11.7 Å². The van der Waals surface area contributed by atoms with Gasteiger partial charge in [0.05, 0.1) is 17.0 Å². The van der Waals surface area contributed by atoms with Crippen LogP contribution in [0.3, 0.4) is 0 Å². The summed E-state index contributed by atoms with van der Waals surface area (Å²) in [7, 11) is 0. The van der Waals surface area contributed by atoms with Crippen LogP contribution >= 0.6 is 11.8 Å². The number of rotatable bonds is 5. The van der Waals surface area contributed by atoms with E-state index in [4.69, 9.17) is 4.52 Å². The third-order valence-corrected chi connectivity index (χ3v) is 6.02. The van der Waals surface area contributed by atoms with Crippen molar-refractivity contribution >= 4 is 23.4 Å². The van der Waals surface area contributed by atoms with Crippen LogP contribution in [0.4, 0.5) is 5.69 Å². The van der Waals surface area contributed by atoms with Crippen LogP contribution in [-0.4, -0.2) is 47.2 Å². The van der Waals surface area contributed by atoms with Gasteiger partial charge in [-0.2, -0.15) is 0 Å². The van der Waals surface area contributed by atoms with Gasteiger partial charge >= 0.3 is 0 Å². The van der Waals surface area contributed by atoms with Crippen molar-refractivity contribution in [3.05, 3.63) is 71.6 Å². The fourth-order valence-corrected chi connectivity index (χ4v) is 4.35. The van der Waals surface area contributed by atoms with E-state index >= 15 is 0 Å². The van der Waals surface area contributed by atoms with Crippen LogP contribution in [0.5, 0.6) is 5.75 Å². The Morgan fingerprint density at radius 2 is 1.90 bits per heavy atom. The minimum absolute atomic E-state index is 0.0532. The highest BCUT2D eigenvalue weighted by molar-refractivity contribution is 7.98. The molecule has 1 N–H and O–H groups in total. The van der Waals surface area contributed by atoms with Gasteiger partial charge in [0.25, 0.3) is 5.91 Å². The molecule has 29 heavy (non-hydrogen) atoms. The van der Waals surface area contributed by atoms with Gasteiger partial charge in [-0.25, -0.2) is 0 Å². The zero-order valence-corrected chi connectivity index (χ0v) is 17.1. The number of aromatic nitrogens is 1. The van der Waals surface area contributed by atoms with E-state index < -0.39 is 0 Å². The summed E-state index contributed by atoms with van der Waals surface area (Å²) in [5, 5.41) is 13.6. The van der Waals surface area contributed by atoms with Crippen molar-refractivity contribution in [1.29, 1.82) is 0 Å². The molecule has 150 valence electrons. The van der Waals surface area contributed by atoms with Gasteiger partial charge in [0.1, 0.15) is 11.5 Å². The number of phenols is 1. The van der Waals surface area contributed by atoms with Crippen LogP contribution < -0.4 is 4.90 Å². The molecule has 0 spiro atoms. The van der Waals surface area contributed by atoms with Gasteiger partial charge in [-0.1, -0.05) is 23.4 Å². The maximum absolute atomic E-state index is 13.2. The molecule has 0 unspecified atom stereocenters. The lowest BCUT2D eigenvalue weighted by molar-refractivity contribution is 0.0743. The predicted octanol–water partition coefficient (Wildman–Crippen LogP) is 3.94. The summed E-state index contributed by atoms with van der Waals surface area (Å²) < 4.78 is 5.28. The Morgan fingerprint density at radius 3 is 2.62 bits per heavy atom. The molecule has 0 aliphatic carbocycles. The van der Waals surface area contributed by atoms with Crippen LogP contribution in [0.1, 0.15) is 21.8 Å². The Labute approximate surface area is 174 Å². The first-order valence-electron chi connectivity index (χ1n) is 9.57. The lowest BCUT2D eigenvalue weighted by Crippen LogP contribution is -2.48. The minimum atomic E-state index is 0.0532. The van der Waals surface area contributed by atoms with Gasteiger partial charge in [-0.15, -0.1) is 11.8 Å². The molecule has 2 heterocycles. The Bertz CT molecular complexity index is 996. The average molecular weight is 410 g/mol. The number of nitrogens with zero attached hydrogens (tertiary/aromatic N) is 3. The van der Waals surface area contributed by atoms with Crippen LogP contribution in [0, 0.1) is 6.92 Å². The van der Waals surface area contributed by atoms with Crippen molar-refractivity contribution in [2.45, 2.75) is 17.6 Å². The summed E-state index contributed by atoms with van der Waals surface area (Å²) in [5.74, 6) is 1.75. The first-order chi connectivity index (χ1) is 14.1. The highest BCUT2D eigenvalue weighted by atomic mass is 32.2. The Hall–Kier alpha value is -2.93. The first kappa shape index (κ1) is 19.4. The summed E-state index contributed by atoms with van der Waals surface area (Å²) in [6.45, 7) is 4.67. The number of carbonyl (C=O) groups excluding carboxylic acids is 1. The van der Waals surface area contributed by atoms with Crippen molar-refractivity contribution in [2.75, 3.05) is 31.1 Å². The maximum Gasteiger partial charge on any atom is 0.255 e. The molecule has 6 nitrogen and oxygen atoms in total. The van der Waals surface area contributed by atoms with Crippen LogP contribution in [0.15, 0.2) is 64.0 Å². The summed E-state index contributed by atoms with van der Waals surface area (Å²) in [5.41, 5.74) is 2.56. The van der Waals surface area contributed by atoms with Gasteiger partial charge in [0.15, 0.2) is 0 Å². The molecule has 1 aliphatic heterocycles. The van der Waals surface area contributed by atoms with Gasteiger partial charge < -0.3 is 19.4 Å². The standard InChI is InChI=1S/C22H23N3O3S/c1-16-13-19(28-23-16)15-29-21-8-3-2-7-20(21)22(27)25-11-9-24(10-12-25)17-5-4-6-18(26)14-17/h2-8,13-14,26H,9-12,15H2,1H3. The van der Waals surface area contributed by atoms with Crippen LogP contribution in [0.2, 0.25) is 0 Å². The van der Waals surface area contributed by atoms with Crippen molar-refractivity contribution in [3.63, 3.8) is 0 Å². The molecule has 0 saturated carbocycles. The third-order valence-electron chi connectivity index (χ3n) is 4.93. The van der Waals surface area contributed by atoms with Crippen molar-refractivity contribution in [3.8, 4) is 5.75 Å². The number of anilines is 1. The lowest BCUT2D eigenvalue weighted by atomic mass is 10.1. The number of hydrogen-bond donors (Lipinski definition) is 1. The second kappa shape index (κ2) is 8.61. The van der Waals surface area contributed by atoms with Gasteiger partial charge in [0.2, 0.25) is 0 Å². The first-order valence-corrected chi connectivity index (χ1v) is 10.6. The molecule has 2 aromatic carbocycles. The zero-order valence-electron chi connectivity index (χ0n) is 16.2. The summed E-state index contributed by atoms with van der Waals surface area (Å²) in [6, 6.07) is 16.9. The van der Waals surface area contributed by atoms with E-state index in [0.717, 1.165) is 40.7 Å². The number of aryl methyl sites for hydroxylation is 1. The molecule has 1 saturated heterocycles. The second-order valence-electron chi connectivity index (χ2n) is 7.02. The molecular formula is C22H23N3O3S. The second-order valence-corrected chi connectivity index (χ2v) is 8.04. The number of amides is 1. The molecule has 1 fully saturated rings. The SMILES string of the molecule is Cc1cc(CSc2ccccc2C(=O)N2CCN(c3cccc(O)c3)CC2)on1. The van der Waals surface area contributed by atoms with E-state index in [2.05, 4.69) is 10.1 Å². The summed E-state index contributed by atoms with van der Waals surface area (Å²) in [6.07, 6.45) is 0. The molecule has 1 aliphatic rings. The lowest BCUT2D eigenvalue weighted by Gasteiger charge is -2.36. The number of hydrogen-bond acceptors (Lipinski definition) is 6. The van der Waals surface area contributed by atoms with E-state index in [1.165, 1.54) is 0 Å². The molecule has 0 bridgehead atoms. The summed E-state index contributed by atoms with van der Waals surface area (Å²) >= 11 is 1.59. The molecule has 0 atom stereocenters. The number of piperazine rings is 1. The molecule has 0 radical (unpaired) electrons. The van der Waals surface area contributed by atoms with Gasteiger partial charge in [0, 0.05) is 48.9 Å². The third kappa shape index (κ3) is 4.56. The van der Waals surface area contributed by atoms with Crippen molar-refractivity contribution in [1.82, 2.24) is 10.1 Å². The molecule has 1 amide bonds. The highest BCUT2D eigenvalue weighted by Crippen LogP contribution is 2.28. The van der Waals surface area contributed by atoms with Crippen LogP contribution in [-0.2, 0) is 5.75 Å². The monoisotopic (exact) mass is 409 g/mol. The van der Waals surface area contributed by atoms with Gasteiger partial charge in [-0.3, -0.25) is 4.79 Å². The molecule has 3 aromatic rings. The van der Waals surface area contributed by atoms with Gasteiger partial charge in [-0.05, 0) is 31.2 Å². The number of carbonyl (C=O) groups is 1. The molecule has 4 rings (SSSR count). The van der Waals surface area contributed by atoms with E-state index in [9.17, 15) is 9.90 Å². The molecule has 1 aromatic heterocycles.